The number of aryl methyl sites for hydroxylation is 1. The first-order chi connectivity index (χ1) is 18.5. The Morgan fingerprint density at radius 3 is 2.33 bits per heavy atom. The van der Waals surface area contributed by atoms with E-state index in [1.165, 1.54) is 12.1 Å². The quantitative estimate of drug-likeness (QED) is 0.326. The maximum atomic E-state index is 13.6. The number of ether oxygens (including phenoxy) is 3. The van der Waals surface area contributed by atoms with Gasteiger partial charge in [-0.2, -0.15) is 0 Å². The Balaban J connectivity index is 0.00000420. The molecule has 0 amide bonds. The van der Waals surface area contributed by atoms with Crippen LogP contribution in [0.1, 0.15) is 22.3 Å². The molecule has 1 aliphatic rings. The Morgan fingerprint density at radius 1 is 1.03 bits per heavy atom. The number of hydrogen-bond acceptors (Lipinski definition) is 5. The maximum absolute atomic E-state index is 13.6. The van der Waals surface area contributed by atoms with E-state index in [0.717, 1.165) is 60.7 Å². The third-order valence-electron chi connectivity index (χ3n) is 6.03. The molecule has 0 bridgehead atoms. The van der Waals surface area contributed by atoms with Crippen molar-refractivity contribution in [1.82, 2.24) is 4.90 Å². The molecule has 1 heterocycles. The molecule has 1 N–H and O–H groups in total. The summed E-state index contributed by atoms with van der Waals surface area (Å²) in [6.07, 6.45) is 1.95. The molecular weight excluding hydrogens is 508 g/mol. The molecule has 3 aromatic rings. The monoisotopic (exact) mass is 539 g/mol. The first-order valence-electron chi connectivity index (χ1n) is 12.4. The van der Waals surface area contributed by atoms with E-state index in [1.54, 1.807) is 30.3 Å². The number of morpholine rings is 1. The Bertz CT molecular complexity index is 1320. The van der Waals surface area contributed by atoms with Crippen LogP contribution in [-0.4, -0.2) is 91.6 Å². The molecule has 0 aromatic heterocycles. The fraction of sp³-hybridized carbons (Fsp3) is 0.258. The van der Waals surface area contributed by atoms with Gasteiger partial charge < -0.3 is 19.3 Å². The van der Waals surface area contributed by atoms with E-state index in [-0.39, 0.29) is 42.0 Å². The van der Waals surface area contributed by atoms with Crippen LogP contribution in [0.2, 0.25) is 0 Å². The van der Waals surface area contributed by atoms with E-state index in [0.29, 0.717) is 11.5 Å². The van der Waals surface area contributed by atoms with E-state index in [2.05, 4.69) is 16.7 Å². The zero-order valence-electron chi connectivity index (χ0n) is 21.3. The van der Waals surface area contributed by atoms with Gasteiger partial charge in [0, 0.05) is 18.7 Å². The number of carboxylic acids is 1. The summed E-state index contributed by atoms with van der Waals surface area (Å²) in [4.78, 5) is 13.0. The average Bonchev–Trinajstić information content (AvgIpc) is 2.92. The van der Waals surface area contributed by atoms with Gasteiger partial charge in [-0.15, -0.1) is 0 Å². The average molecular weight is 540 g/mol. The zero-order valence-corrected chi connectivity index (χ0v) is 21.3. The van der Waals surface area contributed by atoms with Gasteiger partial charge in [-0.3, -0.25) is 4.90 Å². The molecule has 1 fully saturated rings. The Kier molecular flexibility index (Phi) is 12.1. The van der Waals surface area contributed by atoms with Crippen LogP contribution in [0.15, 0.2) is 72.8 Å². The minimum absolute atomic E-state index is 0. The van der Waals surface area contributed by atoms with Crippen molar-refractivity contribution in [2.24, 2.45) is 0 Å². The van der Waals surface area contributed by atoms with Gasteiger partial charge in [-0.25, -0.2) is 9.18 Å². The van der Waals surface area contributed by atoms with Crippen molar-refractivity contribution in [3.63, 3.8) is 0 Å². The first kappa shape index (κ1) is 30.4. The van der Waals surface area contributed by atoms with Crippen LogP contribution >= 0.6 is 0 Å². The molecule has 0 saturated carbocycles. The summed E-state index contributed by atoms with van der Waals surface area (Å²) in [6, 6.07) is 19.6. The molecule has 8 heteroatoms. The second kappa shape index (κ2) is 15.5. The number of nitrogens with zero attached hydrogens (tertiary/aromatic N) is 1. The molecule has 39 heavy (non-hydrogen) atoms. The van der Waals surface area contributed by atoms with E-state index in [4.69, 9.17) is 19.3 Å². The molecule has 0 radical (unpaired) electrons. The summed E-state index contributed by atoms with van der Waals surface area (Å²) < 4.78 is 30.2. The molecule has 0 atom stereocenters. The van der Waals surface area contributed by atoms with Gasteiger partial charge in [0.25, 0.3) is 0 Å². The summed E-state index contributed by atoms with van der Waals surface area (Å²) >= 11 is 0. The number of carboxylic acid groups (broad SMARTS) is 1. The van der Waals surface area contributed by atoms with Crippen LogP contribution in [-0.2, 0) is 9.53 Å². The van der Waals surface area contributed by atoms with E-state index in [9.17, 15) is 9.18 Å². The molecule has 1 saturated heterocycles. The summed E-state index contributed by atoms with van der Waals surface area (Å²) in [5.74, 6) is 6.26. The normalized spacial score (nSPS) is 13.5. The van der Waals surface area contributed by atoms with Crippen LogP contribution < -0.4 is 9.47 Å². The van der Waals surface area contributed by atoms with Gasteiger partial charge in [0.1, 0.15) is 23.9 Å². The van der Waals surface area contributed by atoms with Gasteiger partial charge in [0.05, 0.1) is 19.8 Å². The van der Waals surface area contributed by atoms with Crippen LogP contribution in [0.4, 0.5) is 4.39 Å². The van der Waals surface area contributed by atoms with E-state index >= 15 is 0 Å². The second-order valence-corrected chi connectivity index (χ2v) is 8.81. The van der Waals surface area contributed by atoms with Gasteiger partial charge >= 0.3 is 35.5 Å². The second-order valence-electron chi connectivity index (χ2n) is 8.81. The molecule has 6 nitrogen and oxygen atoms in total. The van der Waals surface area contributed by atoms with Crippen molar-refractivity contribution in [2.75, 3.05) is 46.1 Å². The SMILES string of the molecule is Cc1cc(OCC=C(c2ccc(F)cc2)c2ccc(C#CCN3CCOCC3)cc2)ccc1OCC(=O)O.[NaH]. The van der Waals surface area contributed by atoms with Crippen LogP contribution in [0.25, 0.3) is 5.57 Å². The van der Waals surface area contributed by atoms with Crippen LogP contribution in [0.5, 0.6) is 11.5 Å². The number of aliphatic carboxylic acids is 1. The molecule has 4 rings (SSSR count). The zero-order chi connectivity index (χ0) is 26.7. The first-order valence-corrected chi connectivity index (χ1v) is 12.4. The third kappa shape index (κ3) is 9.54. The number of hydrogen-bond donors (Lipinski definition) is 1. The molecule has 198 valence electrons. The van der Waals surface area contributed by atoms with Crippen molar-refractivity contribution >= 4 is 41.1 Å². The van der Waals surface area contributed by atoms with Crippen molar-refractivity contribution < 1.29 is 28.5 Å². The predicted molar refractivity (Wildman–Crippen MR) is 151 cm³/mol. The number of carbonyl (C=O) groups is 1. The molecule has 0 unspecified atom stereocenters. The van der Waals surface area contributed by atoms with Crippen molar-refractivity contribution in [3.8, 4) is 23.3 Å². The minimum atomic E-state index is -1.03. The predicted octanol–water partition coefficient (Wildman–Crippen LogP) is 4.14. The Morgan fingerprint density at radius 2 is 1.69 bits per heavy atom. The van der Waals surface area contributed by atoms with Gasteiger partial charge in [0.2, 0.25) is 0 Å². The van der Waals surface area contributed by atoms with Gasteiger partial charge in [0.15, 0.2) is 6.61 Å². The summed E-state index contributed by atoms with van der Waals surface area (Å²) in [5, 5.41) is 8.80. The Labute approximate surface area is 250 Å². The number of rotatable bonds is 9. The number of halogens is 1. The van der Waals surface area contributed by atoms with Crippen LogP contribution in [0.3, 0.4) is 0 Å². The van der Waals surface area contributed by atoms with Gasteiger partial charge in [-0.1, -0.05) is 36.1 Å². The van der Waals surface area contributed by atoms with Gasteiger partial charge in [-0.05, 0) is 77.7 Å². The summed E-state index contributed by atoms with van der Waals surface area (Å²) in [5.41, 5.74) is 4.45. The van der Waals surface area contributed by atoms with Crippen molar-refractivity contribution in [3.05, 3.63) is 101 Å². The molecular formula is C31H31FNNaO5. The Hall–Kier alpha value is -3.12. The fourth-order valence-corrected chi connectivity index (χ4v) is 4.01. The molecule has 1 aliphatic heterocycles. The topological polar surface area (TPSA) is 68.2 Å². The molecule has 0 spiro atoms. The van der Waals surface area contributed by atoms with E-state index in [1.807, 2.05) is 37.3 Å². The fourth-order valence-electron chi connectivity index (χ4n) is 4.01. The molecule has 0 aliphatic carbocycles. The van der Waals surface area contributed by atoms with Crippen molar-refractivity contribution in [2.45, 2.75) is 6.92 Å². The standard InChI is InChI=1S/C31H30FNO5.Na.H/c1-23-21-28(12-13-30(23)38-22-31(34)35)37-18-14-29(26-8-10-27(32)11-9-26)25-6-4-24(5-7-25)3-2-15-33-16-19-36-20-17-33;;/h4-14,21H,15-20,22H2,1H3,(H,34,35);;. The summed E-state index contributed by atoms with van der Waals surface area (Å²) in [7, 11) is 0. The van der Waals surface area contributed by atoms with Crippen LogP contribution in [0, 0.1) is 24.6 Å². The van der Waals surface area contributed by atoms with Crippen molar-refractivity contribution in [1.29, 1.82) is 0 Å². The summed E-state index contributed by atoms with van der Waals surface area (Å²) in [6.45, 7) is 5.75. The van der Waals surface area contributed by atoms with E-state index < -0.39 is 12.6 Å². The molecule has 3 aromatic carbocycles. The number of benzene rings is 3. The third-order valence-corrected chi connectivity index (χ3v) is 6.03.